The average molecular weight is 236 g/mol. The molecule has 0 aromatic rings. The van der Waals surface area contributed by atoms with Crippen molar-refractivity contribution in [3.63, 3.8) is 0 Å². The molecule has 0 heterocycles. The minimum Gasteiger partial charge on any atom is -0.393 e. The van der Waals surface area contributed by atoms with Gasteiger partial charge in [-0.3, -0.25) is 0 Å². The first-order chi connectivity index (χ1) is 6.87. The van der Waals surface area contributed by atoms with Crippen LogP contribution in [-0.2, 0) is 9.84 Å². The van der Waals surface area contributed by atoms with Crippen molar-refractivity contribution in [2.24, 2.45) is 5.92 Å². The summed E-state index contributed by atoms with van der Waals surface area (Å²) < 4.78 is 22.3. The van der Waals surface area contributed by atoms with Crippen molar-refractivity contribution in [1.29, 1.82) is 0 Å². The second-order valence-electron chi connectivity index (χ2n) is 4.52. The van der Waals surface area contributed by atoms with Gasteiger partial charge in [-0.1, -0.05) is 20.8 Å². The van der Waals surface area contributed by atoms with Crippen LogP contribution in [0.2, 0.25) is 0 Å². The molecular weight excluding hydrogens is 212 g/mol. The van der Waals surface area contributed by atoms with Crippen molar-refractivity contribution in [2.45, 2.75) is 52.6 Å². The number of hydrogen-bond acceptors (Lipinski definition) is 3. The first-order valence-corrected chi connectivity index (χ1v) is 7.58. The third-order valence-electron chi connectivity index (χ3n) is 2.43. The number of rotatable bonds is 8. The second kappa shape index (κ2) is 7.23. The molecule has 15 heavy (non-hydrogen) atoms. The summed E-state index contributed by atoms with van der Waals surface area (Å²) in [4.78, 5) is 0. The van der Waals surface area contributed by atoms with Crippen molar-refractivity contribution in [1.82, 2.24) is 0 Å². The lowest BCUT2D eigenvalue weighted by Crippen LogP contribution is -2.12. The Balaban J connectivity index is 3.55. The SMILES string of the molecule is CCS(=O)(=O)CCCCC(O)CC(C)C. The van der Waals surface area contributed by atoms with E-state index in [9.17, 15) is 13.5 Å². The van der Waals surface area contributed by atoms with Crippen LogP contribution >= 0.6 is 0 Å². The Morgan fingerprint density at radius 1 is 1.20 bits per heavy atom. The standard InChI is InChI=1S/C11H24O3S/c1-4-15(13,14)8-6-5-7-11(12)9-10(2)3/h10-12H,4-9H2,1-3H3. The quantitative estimate of drug-likeness (QED) is 0.656. The first-order valence-electron chi connectivity index (χ1n) is 5.76. The van der Waals surface area contributed by atoms with Crippen LogP contribution in [0, 0.1) is 5.92 Å². The van der Waals surface area contributed by atoms with E-state index in [-0.39, 0.29) is 17.6 Å². The van der Waals surface area contributed by atoms with Crippen molar-refractivity contribution in [3.05, 3.63) is 0 Å². The zero-order valence-corrected chi connectivity index (χ0v) is 10.9. The van der Waals surface area contributed by atoms with E-state index in [0.717, 1.165) is 19.3 Å². The third-order valence-corrected chi connectivity index (χ3v) is 4.22. The monoisotopic (exact) mass is 236 g/mol. The fourth-order valence-corrected chi connectivity index (χ4v) is 2.44. The Hall–Kier alpha value is -0.0900. The summed E-state index contributed by atoms with van der Waals surface area (Å²) in [5.41, 5.74) is 0. The number of aliphatic hydroxyl groups is 1. The van der Waals surface area contributed by atoms with Crippen molar-refractivity contribution in [3.8, 4) is 0 Å². The zero-order valence-electron chi connectivity index (χ0n) is 10.1. The summed E-state index contributed by atoms with van der Waals surface area (Å²) >= 11 is 0. The third kappa shape index (κ3) is 8.88. The molecule has 0 aromatic heterocycles. The Morgan fingerprint density at radius 2 is 1.80 bits per heavy atom. The largest absolute Gasteiger partial charge is 0.393 e. The number of unbranched alkanes of at least 4 members (excludes halogenated alkanes) is 1. The van der Waals surface area contributed by atoms with E-state index in [4.69, 9.17) is 0 Å². The van der Waals surface area contributed by atoms with Gasteiger partial charge in [0.2, 0.25) is 0 Å². The molecule has 0 fully saturated rings. The Kier molecular flexibility index (Phi) is 7.18. The molecule has 0 aliphatic carbocycles. The fourth-order valence-electron chi connectivity index (χ4n) is 1.51. The van der Waals surface area contributed by atoms with Gasteiger partial charge < -0.3 is 5.11 Å². The van der Waals surface area contributed by atoms with E-state index in [2.05, 4.69) is 13.8 Å². The zero-order chi connectivity index (χ0) is 11.9. The summed E-state index contributed by atoms with van der Waals surface area (Å²) in [5.74, 6) is 0.985. The molecule has 0 radical (unpaired) electrons. The maximum atomic E-state index is 11.2. The normalized spacial score (nSPS) is 14.5. The number of sulfone groups is 1. The summed E-state index contributed by atoms with van der Waals surface area (Å²) in [6.07, 6.45) is 2.73. The summed E-state index contributed by atoms with van der Waals surface area (Å²) in [6.45, 7) is 5.82. The molecule has 0 aliphatic rings. The number of aliphatic hydroxyl groups excluding tert-OH is 1. The van der Waals surface area contributed by atoms with Gasteiger partial charge in [-0.25, -0.2) is 8.42 Å². The van der Waals surface area contributed by atoms with Crippen LogP contribution < -0.4 is 0 Å². The molecule has 0 saturated carbocycles. The molecule has 0 aliphatic heterocycles. The lowest BCUT2D eigenvalue weighted by molar-refractivity contribution is 0.137. The van der Waals surface area contributed by atoms with Crippen LogP contribution in [0.5, 0.6) is 0 Å². The first kappa shape index (κ1) is 14.9. The van der Waals surface area contributed by atoms with E-state index >= 15 is 0 Å². The summed E-state index contributed by atoms with van der Waals surface area (Å²) in [5, 5.41) is 9.56. The van der Waals surface area contributed by atoms with Gasteiger partial charge in [0.15, 0.2) is 0 Å². The van der Waals surface area contributed by atoms with Crippen LogP contribution in [-0.4, -0.2) is 31.1 Å². The molecule has 4 heteroatoms. The highest BCUT2D eigenvalue weighted by Gasteiger charge is 2.09. The van der Waals surface area contributed by atoms with E-state index in [1.165, 1.54) is 0 Å². The highest BCUT2D eigenvalue weighted by molar-refractivity contribution is 7.91. The molecule has 0 aromatic carbocycles. The maximum Gasteiger partial charge on any atom is 0.150 e. The molecule has 1 N–H and O–H groups in total. The lowest BCUT2D eigenvalue weighted by Gasteiger charge is -2.12. The maximum absolute atomic E-state index is 11.2. The molecular formula is C11H24O3S. The average Bonchev–Trinajstić information content (AvgIpc) is 2.11. The Labute approximate surface area is 93.8 Å². The molecule has 3 nitrogen and oxygen atoms in total. The summed E-state index contributed by atoms with van der Waals surface area (Å²) in [6, 6.07) is 0. The molecule has 0 spiro atoms. The van der Waals surface area contributed by atoms with Crippen molar-refractivity contribution in [2.75, 3.05) is 11.5 Å². The predicted molar refractivity (Wildman–Crippen MR) is 63.6 cm³/mol. The van der Waals surface area contributed by atoms with Crippen LogP contribution in [0.1, 0.15) is 46.5 Å². The minimum atomic E-state index is -2.82. The Bertz CT molecular complexity index is 245. The van der Waals surface area contributed by atoms with Crippen LogP contribution in [0.25, 0.3) is 0 Å². The van der Waals surface area contributed by atoms with Crippen molar-refractivity contribution < 1.29 is 13.5 Å². The van der Waals surface area contributed by atoms with E-state index in [1.54, 1.807) is 6.92 Å². The van der Waals surface area contributed by atoms with Gasteiger partial charge in [0.1, 0.15) is 9.84 Å². The van der Waals surface area contributed by atoms with E-state index in [1.807, 2.05) is 0 Å². The van der Waals surface area contributed by atoms with Gasteiger partial charge >= 0.3 is 0 Å². The predicted octanol–water partition coefficient (Wildman–Crippen LogP) is 2.00. The minimum absolute atomic E-state index is 0.224. The second-order valence-corrected chi connectivity index (χ2v) is 6.99. The van der Waals surface area contributed by atoms with Gasteiger partial charge in [0, 0.05) is 5.75 Å². The molecule has 0 rings (SSSR count). The van der Waals surface area contributed by atoms with E-state index in [0.29, 0.717) is 12.3 Å². The van der Waals surface area contributed by atoms with Gasteiger partial charge in [-0.2, -0.15) is 0 Å². The molecule has 1 atom stereocenters. The molecule has 0 saturated heterocycles. The molecule has 0 bridgehead atoms. The van der Waals surface area contributed by atoms with Crippen LogP contribution in [0.4, 0.5) is 0 Å². The van der Waals surface area contributed by atoms with Gasteiger partial charge in [-0.05, 0) is 31.6 Å². The van der Waals surface area contributed by atoms with E-state index < -0.39 is 9.84 Å². The smallest absolute Gasteiger partial charge is 0.150 e. The number of hydrogen-bond donors (Lipinski definition) is 1. The summed E-state index contributed by atoms with van der Waals surface area (Å²) in [7, 11) is -2.82. The molecule has 0 amide bonds. The molecule has 92 valence electrons. The molecule has 1 unspecified atom stereocenters. The highest BCUT2D eigenvalue weighted by Crippen LogP contribution is 2.11. The fraction of sp³-hybridized carbons (Fsp3) is 1.00. The van der Waals surface area contributed by atoms with Gasteiger partial charge in [0.05, 0.1) is 11.9 Å². The van der Waals surface area contributed by atoms with Crippen molar-refractivity contribution >= 4 is 9.84 Å². The van der Waals surface area contributed by atoms with Gasteiger partial charge in [-0.15, -0.1) is 0 Å². The topological polar surface area (TPSA) is 54.4 Å². The van der Waals surface area contributed by atoms with Gasteiger partial charge in [0.25, 0.3) is 0 Å². The van der Waals surface area contributed by atoms with Crippen LogP contribution in [0.15, 0.2) is 0 Å². The lowest BCUT2D eigenvalue weighted by atomic mass is 10.0. The Morgan fingerprint density at radius 3 is 2.27 bits per heavy atom. The van der Waals surface area contributed by atoms with Crippen LogP contribution in [0.3, 0.4) is 0 Å². The highest BCUT2D eigenvalue weighted by atomic mass is 32.2.